The SMILES string of the molecule is Cc1ccc(C(=O)N2CC(c3nnc(C(C)C)o3)C3(CCOCC3)C2)cc1C. The van der Waals surface area contributed by atoms with E-state index in [1.54, 1.807) is 0 Å². The molecule has 0 radical (unpaired) electrons. The highest BCUT2D eigenvalue weighted by Crippen LogP contribution is 2.49. The standard InChI is InChI=1S/C22H29N3O3/c1-14(2)19-23-24-20(28-19)18-12-25(13-22(18)7-9-27-10-8-22)21(26)17-6-5-15(3)16(4)11-17/h5-6,11,14,18H,7-10,12-13H2,1-4H3. The van der Waals surface area contributed by atoms with Gasteiger partial charge in [0.1, 0.15) is 0 Å². The molecule has 2 aliphatic rings. The molecule has 1 aromatic heterocycles. The molecular formula is C22H29N3O3. The van der Waals surface area contributed by atoms with Crippen molar-refractivity contribution < 1.29 is 13.9 Å². The highest BCUT2D eigenvalue weighted by Gasteiger charge is 2.51. The first-order chi connectivity index (χ1) is 13.4. The van der Waals surface area contributed by atoms with Crippen LogP contribution < -0.4 is 0 Å². The summed E-state index contributed by atoms with van der Waals surface area (Å²) in [6.45, 7) is 11.0. The number of ether oxygens (including phenoxy) is 1. The summed E-state index contributed by atoms with van der Waals surface area (Å²) in [5.74, 6) is 1.67. The molecule has 150 valence electrons. The van der Waals surface area contributed by atoms with Gasteiger partial charge in [0.05, 0.1) is 5.92 Å². The zero-order chi connectivity index (χ0) is 19.9. The topological polar surface area (TPSA) is 68.5 Å². The number of hydrogen-bond donors (Lipinski definition) is 0. The molecule has 1 unspecified atom stereocenters. The number of benzene rings is 1. The lowest BCUT2D eigenvalue weighted by Crippen LogP contribution is -2.37. The van der Waals surface area contributed by atoms with Gasteiger partial charge < -0.3 is 14.1 Å². The Morgan fingerprint density at radius 2 is 1.93 bits per heavy atom. The van der Waals surface area contributed by atoms with Crippen molar-refractivity contribution in [2.75, 3.05) is 26.3 Å². The van der Waals surface area contributed by atoms with Crippen LogP contribution in [0.15, 0.2) is 22.6 Å². The second-order valence-electron chi connectivity index (χ2n) is 8.65. The van der Waals surface area contributed by atoms with Crippen molar-refractivity contribution in [2.45, 2.75) is 52.4 Å². The molecule has 1 aromatic carbocycles. The quantitative estimate of drug-likeness (QED) is 0.805. The molecule has 6 heteroatoms. The highest BCUT2D eigenvalue weighted by molar-refractivity contribution is 5.94. The van der Waals surface area contributed by atoms with Crippen molar-refractivity contribution in [2.24, 2.45) is 5.41 Å². The summed E-state index contributed by atoms with van der Waals surface area (Å²) in [7, 11) is 0. The minimum absolute atomic E-state index is 0.0472. The van der Waals surface area contributed by atoms with E-state index >= 15 is 0 Å². The van der Waals surface area contributed by atoms with Crippen LogP contribution in [0.5, 0.6) is 0 Å². The maximum absolute atomic E-state index is 13.3. The molecule has 2 saturated heterocycles. The number of nitrogens with zero attached hydrogens (tertiary/aromatic N) is 3. The Kier molecular flexibility index (Phi) is 5.00. The molecule has 0 saturated carbocycles. The van der Waals surface area contributed by atoms with E-state index in [2.05, 4.69) is 17.1 Å². The Bertz CT molecular complexity index is 868. The third-order valence-corrected chi connectivity index (χ3v) is 6.43. The Hall–Kier alpha value is -2.21. The van der Waals surface area contributed by atoms with Crippen LogP contribution in [0, 0.1) is 19.3 Å². The van der Waals surface area contributed by atoms with Crippen LogP contribution in [-0.2, 0) is 4.74 Å². The van der Waals surface area contributed by atoms with Gasteiger partial charge in [0, 0.05) is 43.2 Å². The van der Waals surface area contributed by atoms with Crippen LogP contribution in [-0.4, -0.2) is 47.3 Å². The van der Waals surface area contributed by atoms with Gasteiger partial charge in [-0.05, 0) is 49.9 Å². The average molecular weight is 383 g/mol. The number of aryl methyl sites for hydroxylation is 2. The smallest absolute Gasteiger partial charge is 0.253 e. The fourth-order valence-corrected chi connectivity index (χ4v) is 4.43. The van der Waals surface area contributed by atoms with Gasteiger partial charge >= 0.3 is 0 Å². The van der Waals surface area contributed by atoms with Crippen LogP contribution in [0.4, 0.5) is 0 Å². The van der Waals surface area contributed by atoms with E-state index in [-0.39, 0.29) is 23.2 Å². The first kappa shape index (κ1) is 19.1. The predicted octanol–water partition coefficient (Wildman–Crippen LogP) is 3.85. The van der Waals surface area contributed by atoms with Crippen LogP contribution >= 0.6 is 0 Å². The summed E-state index contributed by atoms with van der Waals surface area (Å²) in [5, 5.41) is 8.60. The number of amides is 1. The average Bonchev–Trinajstić information content (AvgIpc) is 3.29. The number of hydrogen-bond acceptors (Lipinski definition) is 5. The van der Waals surface area contributed by atoms with Gasteiger partial charge in [-0.2, -0.15) is 0 Å². The second kappa shape index (κ2) is 7.32. The Labute approximate surface area is 166 Å². The summed E-state index contributed by atoms with van der Waals surface area (Å²) >= 11 is 0. The molecule has 1 amide bonds. The van der Waals surface area contributed by atoms with E-state index in [1.165, 1.54) is 5.56 Å². The first-order valence-corrected chi connectivity index (χ1v) is 10.2. The molecule has 1 spiro atoms. The maximum Gasteiger partial charge on any atom is 0.253 e. The minimum atomic E-state index is -0.0472. The van der Waals surface area contributed by atoms with E-state index in [0.717, 1.165) is 24.0 Å². The molecule has 0 aliphatic carbocycles. The lowest BCUT2D eigenvalue weighted by Gasteiger charge is -2.36. The Balaban J connectivity index is 1.63. The number of aromatic nitrogens is 2. The van der Waals surface area contributed by atoms with E-state index < -0.39 is 0 Å². The number of likely N-dealkylation sites (tertiary alicyclic amines) is 1. The number of carbonyl (C=O) groups is 1. The highest BCUT2D eigenvalue weighted by atomic mass is 16.5. The van der Waals surface area contributed by atoms with Crippen molar-refractivity contribution in [3.8, 4) is 0 Å². The van der Waals surface area contributed by atoms with Gasteiger partial charge in [0.2, 0.25) is 11.8 Å². The molecule has 28 heavy (non-hydrogen) atoms. The molecule has 6 nitrogen and oxygen atoms in total. The van der Waals surface area contributed by atoms with Crippen LogP contribution in [0.1, 0.15) is 71.8 Å². The lowest BCUT2D eigenvalue weighted by molar-refractivity contribution is 0.00888. The largest absolute Gasteiger partial charge is 0.425 e. The fraction of sp³-hybridized carbons (Fsp3) is 0.591. The molecule has 4 rings (SSSR count). The zero-order valence-corrected chi connectivity index (χ0v) is 17.2. The fourth-order valence-electron chi connectivity index (χ4n) is 4.43. The molecular weight excluding hydrogens is 354 g/mol. The monoisotopic (exact) mass is 383 g/mol. The van der Waals surface area contributed by atoms with Crippen LogP contribution in [0.3, 0.4) is 0 Å². The normalized spacial score (nSPS) is 21.6. The Morgan fingerprint density at radius 1 is 1.18 bits per heavy atom. The van der Waals surface area contributed by atoms with Crippen molar-refractivity contribution in [1.29, 1.82) is 0 Å². The van der Waals surface area contributed by atoms with E-state index in [9.17, 15) is 4.79 Å². The van der Waals surface area contributed by atoms with Crippen LogP contribution in [0.25, 0.3) is 0 Å². The molecule has 0 bridgehead atoms. The van der Waals surface area contributed by atoms with Crippen molar-refractivity contribution >= 4 is 5.91 Å². The van der Waals surface area contributed by atoms with Gasteiger partial charge in [-0.3, -0.25) is 4.79 Å². The van der Waals surface area contributed by atoms with Gasteiger partial charge in [0.25, 0.3) is 5.91 Å². The van der Waals surface area contributed by atoms with Gasteiger partial charge in [0.15, 0.2) is 0 Å². The molecule has 0 N–H and O–H groups in total. The third kappa shape index (κ3) is 3.34. The van der Waals surface area contributed by atoms with Crippen molar-refractivity contribution in [3.63, 3.8) is 0 Å². The summed E-state index contributed by atoms with van der Waals surface area (Å²) in [6, 6.07) is 5.94. The summed E-state index contributed by atoms with van der Waals surface area (Å²) in [5.41, 5.74) is 3.04. The van der Waals surface area contributed by atoms with Crippen LogP contribution in [0.2, 0.25) is 0 Å². The predicted molar refractivity (Wildman–Crippen MR) is 105 cm³/mol. The summed E-state index contributed by atoms with van der Waals surface area (Å²) in [6.07, 6.45) is 1.82. The number of rotatable bonds is 3. The molecule has 1 atom stereocenters. The van der Waals surface area contributed by atoms with Crippen molar-refractivity contribution in [1.82, 2.24) is 15.1 Å². The van der Waals surface area contributed by atoms with Gasteiger partial charge in [-0.25, -0.2) is 0 Å². The minimum Gasteiger partial charge on any atom is -0.425 e. The van der Waals surface area contributed by atoms with E-state index in [1.807, 2.05) is 43.9 Å². The number of carbonyl (C=O) groups excluding carboxylic acids is 1. The van der Waals surface area contributed by atoms with Gasteiger partial charge in [-0.1, -0.05) is 19.9 Å². The maximum atomic E-state index is 13.3. The van der Waals surface area contributed by atoms with Gasteiger partial charge in [-0.15, -0.1) is 10.2 Å². The second-order valence-corrected chi connectivity index (χ2v) is 8.65. The molecule has 2 fully saturated rings. The zero-order valence-electron chi connectivity index (χ0n) is 17.2. The third-order valence-electron chi connectivity index (χ3n) is 6.43. The lowest BCUT2D eigenvalue weighted by atomic mass is 9.72. The first-order valence-electron chi connectivity index (χ1n) is 10.2. The molecule has 2 aromatic rings. The summed E-state index contributed by atoms with van der Waals surface area (Å²) < 4.78 is 11.6. The van der Waals surface area contributed by atoms with E-state index in [4.69, 9.17) is 9.15 Å². The molecule has 3 heterocycles. The van der Waals surface area contributed by atoms with E-state index in [0.29, 0.717) is 38.1 Å². The van der Waals surface area contributed by atoms with Crippen molar-refractivity contribution in [3.05, 3.63) is 46.7 Å². The molecule has 2 aliphatic heterocycles. The summed E-state index contributed by atoms with van der Waals surface area (Å²) in [4.78, 5) is 15.2. The Morgan fingerprint density at radius 3 is 2.57 bits per heavy atom.